The van der Waals surface area contributed by atoms with Crippen LogP contribution in [0.1, 0.15) is 12.5 Å². The zero-order valence-corrected chi connectivity index (χ0v) is 10.3. The summed E-state index contributed by atoms with van der Waals surface area (Å²) >= 11 is 0. The number of allylic oxidation sites excluding steroid dienone is 2. The fraction of sp³-hybridized carbons (Fsp3) is 0.143. The first-order valence-corrected chi connectivity index (χ1v) is 5.42. The van der Waals surface area contributed by atoms with Crippen molar-refractivity contribution < 1.29 is 14.3 Å². The summed E-state index contributed by atoms with van der Waals surface area (Å²) in [5.41, 5.74) is 5.56. The number of hydrogen-bond donors (Lipinski definition) is 1. The van der Waals surface area contributed by atoms with Crippen molar-refractivity contribution in [1.82, 2.24) is 0 Å². The molecule has 0 aliphatic heterocycles. The van der Waals surface area contributed by atoms with Gasteiger partial charge in [0, 0.05) is 0 Å². The summed E-state index contributed by atoms with van der Waals surface area (Å²) in [5, 5.41) is 0. The van der Waals surface area contributed by atoms with E-state index in [1.807, 2.05) is 30.3 Å². The molecule has 0 radical (unpaired) electrons. The number of amides is 1. The minimum absolute atomic E-state index is 0.0705. The summed E-state index contributed by atoms with van der Waals surface area (Å²) in [4.78, 5) is 20.4. The molecule has 18 heavy (non-hydrogen) atoms. The quantitative estimate of drug-likeness (QED) is 0.831. The molecule has 0 aliphatic rings. The Morgan fingerprint density at radius 1 is 1.33 bits per heavy atom. The maximum absolute atomic E-state index is 10.8. The van der Waals surface area contributed by atoms with Crippen LogP contribution >= 0.6 is 0 Å². The van der Waals surface area contributed by atoms with E-state index in [-0.39, 0.29) is 5.78 Å². The molecule has 0 saturated carbocycles. The minimum atomic E-state index is -0.711. The van der Waals surface area contributed by atoms with Crippen LogP contribution in [0.15, 0.2) is 49.1 Å². The maximum Gasteiger partial charge on any atom is 0.404 e. The first kappa shape index (κ1) is 15.6. The second-order valence-electron chi connectivity index (χ2n) is 3.10. The zero-order chi connectivity index (χ0) is 13.8. The van der Waals surface area contributed by atoms with E-state index in [2.05, 4.69) is 17.0 Å². The second-order valence-corrected chi connectivity index (χ2v) is 3.10. The van der Waals surface area contributed by atoms with Gasteiger partial charge in [0.05, 0.1) is 6.61 Å². The third kappa shape index (κ3) is 8.91. The molecule has 96 valence electrons. The molecule has 4 nitrogen and oxygen atoms in total. The van der Waals surface area contributed by atoms with Gasteiger partial charge in [0.25, 0.3) is 0 Å². The highest BCUT2D eigenvalue weighted by atomic mass is 16.5. The van der Waals surface area contributed by atoms with Gasteiger partial charge in [-0.15, -0.1) is 0 Å². The molecule has 0 bridgehead atoms. The third-order valence-electron chi connectivity index (χ3n) is 1.73. The average molecular weight is 247 g/mol. The van der Waals surface area contributed by atoms with Crippen molar-refractivity contribution >= 4 is 18.0 Å². The van der Waals surface area contributed by atoms with Gasteiger partial charge in [0.15, 0.2) is 5.78 Å². The van der Waals surface area contributed by atoms with Crippen LogP contribution in [0.4, 0.5) is 4.79 Å². The topological polar surface area (TPSA) is 69.4 Å². The molecule has 0 aromatic heterocycles. The van der Waals surface area contributed by atoms with E-state index in [4.69, 9.17) is 0 Å². The number of ether oxygens (including phenoxy) is 1. The minimum Gasteiger partial charge on any atom is -0.450 e. The molecule has 1 aromatic rings. The van der Waals surface area contributed by atoms with Crippen LogP contribution in [0.2, 0.25) is 0 Å². The smallest absolute Gasteiger partial charge is 0.404 e. The lowest BCUT2D eigenvalue weighted by Crippen LogP contribution is -2.11. The van der Waals surface area contributed by atoms with Crippen molar-refractivity contribution in [1.29, 1.82) is 0 Å². The molecule has 0 atom stereocenters. The van der Waals surface area contributed by atoms with Crippen LogP contribution in [0.5, 0.6) is 0 Å². The van der Waals surface area contributed by atoms with E-state index in [0.717, 1.165) is 5.56 Å². The number of hydrogen-bond acceptors (Lipinski definition) is 3. The lowest BCUT2D eigenvalue weighted by atomic mass is 10.2. The van der Waals surface area contributed by atoms with Crippen LogP contribution in [0, 0.1) is 0 Å². The lowest BCUT2D eigenvalue weighted by molar-refractivity contribution is -0.110. The molecule has 1 amide bonds. The molecule has 0 unspecified atom stereocenters. The van der Waals surface area contributed by atoms with Gasteiger partial charge >= 0.3 is 6.09 Å². The molecular formula is C14H17NO3. The largest absolute Gasteiger partial charge is 0.450 e. The Bertz CT molecular complexity index is 410. The van der Waals surface area contributed by atoms with E-state index in [1.54, 1.807) is 13.0 Å². The summed E-state index contributed by atoms with van der Waals surface area (Å²) in [5.74, 6) is -0.0705. The molecule has 2 N–H and O–H groups in total. The predicted octanol–water partition coefficient (Wildman–Crippen LogP) is 2.56. The van der Waals surface area contributed by atoms with Crippen molar-refractivity contribution in [2.24, 2.45) is 5.73 Å². The Kier molecular flexibility index (Phi) is 8.55. The molecule has 0 heterocycles. The molecular weight excluding hydrogens is 230 g/mol. The number of rotatable bonds is 4. The van der Waals surface area contributed by atoms with Crippen LogP contribution in [-0.2, 0) is 9.53 Å². The number of primary amides is 1. The Labute approximate surface area is 107 Å². The fourth-order valence-electron chi connectivity index (χ4n) is 0.953. The van der Waals surface area contributed by atoms with Crippen molar-refractivity contribution in [3.63, 3.8) is 0 Å². The third-order valence-corrected chi connectivity index (χ3v) is 1.73. The van der Waals surface area contributed by atoms with E-state index in [0.29, 0.717) is 6.61 Å². The number of benzene rings is 1. The van der Waals surface area contributed by atoms with Crippen molar-refractivity contribution in [2.75, 3.05) is 6.61 Å². The van der Waals surface area contributed by atoms with Crippen LogP contribution in [0.3, 0.4) is 0 Å². The normalized spacial score (nSPS) is 9.17. The fourth-order valence-corrected chi connectivity index (χ4v) is 0.953. The second kappa shape index (κ2) is 9.84. The number of ketones is 1. The number of carbonyl (C=O) groups is 2. The molecule has 4 heteroatoms. The SMILES string of the molecule is C=CC(=O)C=Cc1ccccc1.CCOC(N)=O. The summed E-state index contributed by atoms with van der Waals surface area (Å²) in [6, 6.07) is 9.67. The first-order chi connectivity index (χ1) is 8.60. The molecule has 0 aliphatic carbocycles. The highest BCUT2D eigenvalue weighted by Crippen LogP contribution is 2.00. The maximum atomic E-state index is 10.8. The Hall–Kier alpha value is -2.36. The van der Waals surface area contributed by atoms with Crippen LogP contribution in [0.25, 0.3) is 6.08 Å². The van der Waals surface area contributed by atoms with E-state index >= 15 is 0 Å². The van der Waals surface area contributed by atoms with Gasteiger partial charge in [0.1, 0.15) is 0 Å². The van der Waals surface area contributed by atoms with Crippen molar-refractivity contribution in [3.8, 4) is 0 Å². The molecule has 0 fully saturated rings. The predicted molar refractivity (Wildman–Crippen MR) is 71.9 cm³/mol. The average Bonchev–Trinajstić information content (AvgIpc) is 2.37. The molecule has 0 spiro atoms. The molecule has 1 aromatic carbocycles. The highest BCUT2D eigenvalue weighted by Gasteiger charge is 1.86. The summed E-state index contributed by atoms with van der Waals surface area (Å²) in [6.07, 6.45) is 3.85. The monoisotopic (exact) mass is 247 g/mol. The van der Waals surface area contributed by atoms with Gasteiger partial charge in [-0.1, -0.05) is 43.0 Å². The molecule has 1 rings (SSSR count). The standard InChI is InChI=1S/C11H10O.C3H7NO2/c1-2-11(12)9-8-10-6-4-3-5-7-10;1-2-6-3(4)5/h2-9H,1H2;2H2,1H3,(H2,4,5). The van der Waals surface area contributed by atoms with Gasteiger partial charge < -0.3 is 10.5 Å². The van der Waals surface area contributed by atoms with E-state index in [1.165, 1.54) is 12.2 Å². The van der Waals surface area contributed by atoms with Gasteiger partial charge in [-0.3, -0.25) is 4.79 Å². The Morgan fingerprint density at radius 3 is 2.33 bits per heavy atom. The first-order valence-electron chi connectivity index (χ1n) is 5.42. The number of carbonyl (C=O) groups excluding carboxylic acids is 2. The lowest BCUT2D eigenvalue weighted by Gasteiger charge is -1.89. The molecule has 0 saturated heterocycles. The van der Waals surface area contributed by atoms with E-state index in [9.17, 15) is 9.59 Å². The zero-order valence-electron chi connectivity index (χ0n) is 10.3. The van der Waals surface area contributed by atoms with Gasteiger partial charge in [-0.25, -0.2) is 4.79 Å². The Balaban J connectivity index is 0.000000411. The summed E-state index contributed by atoms with van der Waals surface area (Å²) < 4.78 is 4.18. The Morgan fingerprint density at radius 2 is 1.94 bits per heavy atom. The van der Waals surface area contributed by atoms with Crippen molar-refractivity contribution in [2.45, 2.75) is 6.92 Å². The van der Waals surface area contributed by atoms with Crippen LogP contribution in [-0.4, -0.2) is 18.5 Å². The van der Waals surface area contributed by atoms with Gasteiger partial charge in [-0.05, 0) is 24.6 Å². The number of nitrogens with two attached hydrogens (primary N) is 1. The van der Waals surface area contributed by atoms with E-state index < -0.39 is 6.09 Å². The summed E-state index contributed by atoms with van der Waals surface area (Å²) in [7, 11) is 0. The van der Waals surface area contributed by atoms with Gasteiger partial charge in [0.2, 0.25) is 0 Å². The summed E-state index contributed by atoms with van der Waals surface area (Å²) in [6.45, 7) is 5.43. The highest BCUT2D eigenvalue weighted by molar-refractivity contribution is 6.01. The van der Waals surface area contributed by atoms with Crippen LogP contribution < -0.4 is 5.73 Å². The van der Waals surface area contributed by atoms with Gasteiger partial charge in [-0.2, -0.15) is 0 Å². The van der Waals surface area contributed by atoms with Crippen molar-refractivity contribution in [3.05, 3.63) is 54.6 Å².